The Morgan fingerprint density at radius 1 is 1.18 bits per heavy atom. The first kappa shape index (κ1) is 18.0. The SMILES string of the molecule is COCCNC(=O)NC(=O)CNc1ccccc1C(C)(C)C. The molecule has 122 valence electrons. The van der Waals surface area contributed by atoms with Gasteiger partial charge in [-0.3, -0.25) is 10.1 Å². The Balaban J connectivity index is 2.50. The van der Waals surface area contributed by atoms with E-state index in [0.717, 1.165) is 11.3 Å². The largest absolute Gasteiger partial charge is 0.383 e. The van der Waals surface area contributed by atoms with Crippen molar-refractivity contribution in [3.8, 4) is 0 Å². The van der Waals surface area contributed by atoms with Gasteiger partial charge < -0.3 is 15.4 Å². The number of benzene rings is 1. The van der Waals surface area contributed by atoms with Crippen LogP contribution in [0.5, 0.6) is 0 Å². The summed E-state index contributed by atoms with van der Waals surface area (Å²) in [5.41, 5.74) is 1.98. The second-order valence-electron chi connectivity index (χ2n) is 5.95. The first-order chi connectivity index (χ1) is 10.3. The highest BCUT2D eigenvalue weighted by Gasteiger charge is 2.17. The zero-order chi connectivity index (χ0) is 16.6. The maximum Gasteiger partial charge on any atom is 0.321 e. The van der Waals surface area contributed by atoms with Crippen LogP contribution in [-0.4, -0.2) is 38.7 Å². The third-order valence-corrected chi connectivity index (χ3v) is 3.02. The minimum Gasteiger partial charge on any atom is -0.383 e. The van der Waals surface area contributed by atoms with Gasteiger partial charge in [-0.2, -0.15) is 0 Å². The highest BCUT2D eigenvalue weighted by molar-refractivity contribution is 5.96. The van der Waals surface area contributed by atoms with Crippen LogP contribution in [0.25, 0.3) is 0 Å². The first-order valence-corrected chi connectivity index (χ1v) is 7.24. The van der Waals surface area contributed by atoms with E-state index in [1.54, 1.807) is 7.11 Å². The third-order valence-electron chi connectivity index (χ3n) is 3.02. The van der Waals surface area contributed by atoms with Crippen molar-refractivity contribution in [2.24, 2.45) is 0 Å². The number of amides is 3. The molecule has 1 aromatic rings. The molecule has 6 heteroatoms. The molecule has 3 amide bonds. The second-order valence-corrected chi connectivity index (χ2v) is 5.95. The number of para-hydroxylation sites is 1. The summed E-state index contributed by atoms with van der Waals surface area (Å²) in [6.07, 6.45) is 0. The molecule has 1 rings (SSSR count). The molecule has 3 N–H and O–H groups in total. The van der Waals surface area contributed by atoms with Crippen LogP contribution in [-0.2, 0) is 14.9 Å². The van der Waals surface area contributed by atoms with Crippen LogP contribution in [0.15, 0.2) is 24.3 Å². The van der Waals surface area contributed by atoms with Gasteiger partial charge in [0.25, 0.3) is 0 Å². The van der Waals surface area contributed by atoms with Gasteiger partial charge in [-0.05, 0) is 17.0 Å². The number of methoxy groups -OCH3 is 1. The average molecular weight is 307 g/mol. The minimum atomic E-state index is -0.520. The Hall–Kier alpha value is -2.08. The van der Waals surface area contributed by atoms with E-state index in [1.165, 1.54) is 0 Å². The van der Waals surface area contributed by atoms with Gasteiger partial charge in [0.2, 0.25) is 5.91 Å². The monoisotopic (exact) mass is 307 g/mol. The van der Waals surface area contributed by atoms with Crippen molar-refractivity contribution in [1.29, 1.82) is 0 Å². The van der Waals surface area contributed by atoms with E-state index >= 15 is 0 Å². The standard InChI is InChI=1S/C16H25N3O3/c1-16(2,3)12-7-5-6-8-13(12)18-11-14(20)19-15(21)17-9-10-22-4/h5-8,18H,9-11H2,1-4H3,(H2,17,19,20,21). The van der Waals surface area contributed by atoms with E-state index in [2.05, 4.69) is 36.7 Å². The number of urea groups is 1. The summed E-state index contributed by atoms with van der Waals surface area (Å²) in [6, 6.07) is 7.31. The highest BCUT2D eigenvalue weighted by atomic mass is 16.5. The van der Waals surface area contributed by atoms with Crippen molar-refractivity contribution in [1.82, 2.24) is 10.6 Å². The van der Waals surface area contributed by atoms with Gasteiger partial charge in [0.15, 0.2) is 0 Å². The minimum absolute atomic E-state index is 0.0302. The quantitative estimate of drug-likeness (QED) is 0.701. The third kappa shape index (κ3) is 6.13. The fraction of sp³-hybridized carbons (Fsp3) is 0.500. The highest BCUT2D eigenvalue weighted by Crippen LogP contribution is 2.28. The lowest BCUT2D eigenvalue weighted by molar-refractivity contribution is -0.118. The first-order valence-electron chi connectivity index (χ1n) is 7.24. The van der Waals surface area contributed by atoms with Crippen LogP contribution >= 0.6 is 0 Å². The smallest absolute Gasteiger partial charge is 0.321 e. The maximum atomic E-state index is 11.8. The topological polar surface area (TPSA) is 79.5 Å². The van der Waals surface area contributed by atoms with Crippen LogP contribution < -0.4 is 16.0 Å². The molecule has 0 spiro atoms. The molecule has 0 aliphatic carbocycles. The molecular formula is C16H25N3O3. The Morgan fingerprint density at radius 2 is 1.86 bits per heavy atom. The fourth-order valence-corrected chi connectivity index (χ4v) is 1.95. The molecule has 0 aliphatic rings. The molecule has 22 heavy (non-hydrogen) atoms. The van der Waals surface area contributed by atoms with Crippen molar-refractivity contribution in [3.63, 3.8) is 0 Å². The van der Waals surface area contributed by atoms with E-state index in [9.17, 15) is 9.59 Å². The van der Waals surface area contributed by atoms with Gasteiger partial charge in [-0.1, -0.05) is 39.0 Å². The van der Waals surface area contributed by atoms with E-state index in [4.69, 9.17) is 4.74 Å². The zero-order valence-corrected chi connectivity index (χ0v) is 13.7. The second kappa shape index (κ2) is 8.38. The zero-order valence-electron chi connectivity index (χ0n) is 13.7. The van der Waals surface area contributed by atoms with E-state index in [0.29, 0.717) is 13.2 Å². The molecule has 0 aromatic heterocycles. The van der Waals surface area contributed by atoms with E-state index in [-0.39, 0.29) is 12.0 Å². The van der Waals surface area contributed by atoms with Crippen LogP contribution in [0.1, 0.15) is 26.3 Å². The van der Waals surface area contributed by atoms with Crippen molar-refractivity contribution in [3.05, 3.63) is 29.8 Å². The maximum absolute atomic E-state index is 11.8. The molecule has 0 saturated carbocycles. The van der Waals surface area contributed by atoms with Crippen molar-refractivity contribution >= 4 is 17.6 Å². The van der Waals surface area contributed by atoms with Crippen LogP contribution in [0, 0.1) is 0 Å². The number of imide groups is 1. The lowest BCUT2D eigenvalue weighted by Gasteiger charge is -2.23. The van der Waals surface area contributed by atoms with Gasteiger partial charge in [-0.25, -0.2) is 4.79 Å². The molecule has 0 heterocycles. The molecule has 1 aromatic carbocycles. The van der Waals surface area contributed by atoms with Crippen LogP contribution in [0.4, 0.5) is 10.5 Å². The number of carbonyl (C=O) groups is 2. The summed E-state index contributed by atoms with van der Waals surface area (Å²) >= 11 is 0. The lowest BCUT2D eigenvalue weighted by Crippen LogP contribution is -2.43. The molecule has 0 aliphatic heterocycles. The van der Waals surface area contributed by atoms with Crippen molar-refractivity contribution in [2.75, 3.05) is 32.1 Å². The molecule has 0 radical (unpaired) electrons. The van der Waals surface area contributed by atoms with Crippen LogP contribution in [0.2, 0.25) is 0 Å². The number of ether oxygens (including phenoxy) is 1. The molecule has 0 fully saturated rings. The number of carbonyl (C=O) groups excluding carboxylic acids is 2. The summed E-state index contributed by atoms with van der Waals surface area (Å²) in [5.74, 6) is -0.390. The van der Waals surface area contributed by atoms with E-state index < -0.39 is 11.9 Å². The fourth-order valence-electron chi connectivity index (χ4n) is 1.95. The van der Waals surface area contributed by atoms with Gasteiger partial charge in [0, 0.05) is 19.3 Å². The molecule has 6 nitrogen and oxygen atoms in total. The van der Waals surface area contributed by atoms with Gasteiger partial charge in [0.1, 0.15) is 0 Å². The molecular weight excluding hydrogens is 282 g/mol. The van der Waals surface area contributed by atoms with Crippen molar-refractivity contribution in [2.45, 2.75) is 26.2 Å². The van der Waals surface area contributed by atoms with Crippen LogP contribution in [0.3, 0.4) is 0 Å². The number of anilines is 1. The molecule has 0 bridgehead atoms. The summed E-state index contributed by atoms with van der Waals surface area (Å²) < 4.78 is 4.81. The Kier molecular flexibility index (Phi) is 6.85. The predicted molar refractivity (Wildman–Crippen MR) is 87.0 cm³/mol. The molecule has 0 unspecified atom stereocenters. The molecule has 0 saturated heterocycles. The summed E-state index contributed by atoms with van der Waals surface area (Å²) in [5, 5.41) is 7.86. The van der Waals surface area contributed by atoms with Gasteiger partial charge in [-0.15, -0.1) is 0 Å². The Bertz CT molecular complexity index is 510. The number of hydrogen-bond acceptors (Lipinski definition) is 4. The lowest BCUT2D eigenvalue weighted by atomic mass is 9.86. The van der Waals surface area contributed by atoms with Gasteiger partial charge >= 0.3 is 6.03 Å². The average Bonchev–Trinajstić information content (AvgIpc) is 2.44. The number of hydrogen-bond donors (Lipinski definition) is 3. The number of nitrogens with one attached hydrogen (secondary N) is 3. The van der Waals surface area contributed by atoms with Crippen molar-refractivity contribution < 1.29 is 14.3 Å². The summed E-state index contributed by atoms with van der Waals surface area (Å²) in [6.45, 7) is 7.12. The van der Waals surface area contributed by atoms with E-state index in [1.807, 2.05) is 24.3 Å². The normalized spacial score (nSPS) is 10.9. The van der Waals surface area contributed by atoms with Gasteiger partial charge in [0.05, 0.1) is 13.2 Å². The number of rotatable bonds is 6. The molecule has 0 atom stereocenters. The Labute approximate surface area is 131 Å². The Morgan fingerprint density at radius 3 is 2.50 bits per heavy atom. The summed E-state index contributed by atoms with van der Waals surface area (Å²) in [4.78, 5) is 23.2. The predicted octanol–water partition coefficient (Wildman–Crippen LogP) is 1.87. The summed E-state index contributed by atoms with van der Waals surface area (Å²) in [7, 11) is 1.54.